The normalized spacial score (nSPS) is 15.9. The Morgan fingerprint density at radius 3 is 2.20 bits per heavy atom. The molecule has 9 heteroatoms. The van der Waals surface area contributed by atoms with Crippen molar-refractivity contribution in [3.05, 3.63) is 94.1 Å². The minimum Gasteiger partial charge on any atom is -0.338 e. The number of hydrogen-bond donors (Lipinski definition) is 0. The number of rotatable bonds is 8. The maximum Gasteiger partial charge on any atom is 0.243 e. The quantitative estimate of drug-likeness (QED) is 0.348. The summed E-state index contributed by atoms with van der Waals surface area (Å²) in [5, 5.41) is 9.02. The van der Waals surface area contributed by atoms with E-state index in [1.54, 1.807) is 0 Å². The SMILES string of the molecule is C[C@@H](c1nc(Cc2ccccc2)no1)N1CCN(Cn2nc(Cc3ccccc3)n(C)c2=S)CC1. The zero-order valence-electron chi connectivity index (χ0n) is 20.2. The molecule has 5 rings (SSSR count). The fraction of sp³-hybridized carbons (Fsp3) is 0.385. The predicted molar refractivity (Wildman–Crippen MR) is 136 cm³/mol. The van der Waals surface area contributed by atoms with Crippen molar-refractivity contribution < 1.29 is 4.52 Å². The molecule has 0 aliphatic carbocycles. The standard InChI is InChI=1S/C26H31N7OS/c1-20(25-27-23(29-34-25)17-21-9-5-3-6-10-21)32-15-13-31(14-16-32)19-33-26(35)30(2)24(28-33)18-22-11-7-4-8-12-22/h3-12,20H,13-19H2,1-2H3/t20-/m0/s1. The minimum atomic E-state index is 0.0867. The zero-order chi connectivity index (χ0) is 24.2. The van der Waals surface area contributed by atoms with Crippen LogP contribution in [0.4, 0.5) is 0 Å². The molecular formula is C26H31N7OS. The molecule has 1 fully saturated rings. The molecule has 1 aliphatic rings. The molecule has 0 spiro atoms. The maximum atomic E-state index is 5.68. The van der Waals surface area contributed by atoms with Gasteiger partial charge in [-0.15, -0.1) is 0 Å². The van der Waals surface area contributed by atoms with Crippen molar-refractivity contribution >= 4 is 12.2 Å². The van der Waals surface area contributed by atoms with E-state index in [2.05, 4.69) is 63.3 Å². The van der Waals surface area contributed by atoms with E-state index >= 15 is 0 Å². The molecule has 0 N–H and O–H groups in total. The lowest BCUT2D eigenvalue weighted by atomic mass is 10.1. The highest BCUT2D eigenvalue weighted by Crippen LogP contribution is 2.21. The van der Waals surface area contributed by atoms with E-state index in [9.17, 15) is 0 Å². The van der Waals surface area contributed by atoms with Gasteiger partial charge in [0, 0.05) is 46.1 Å². The molecule has 35 heavy (non-hydrogen) atoms. The van der Waals surface area contributed by atoms with Crippen LogP contribution >= 0.6 is 12.2 Å². The second-order valence-corrected chi connectivity index (χ2v) is 9.47. The van der Waals surface area contributed by atoms with Gasteiger partial charge < -0.3 is 9.09 Å². The smallest absolute Gasteiger partial charge is 0.243 e. The van der Waals surface area contributed by atoms with Crippen LogP contribution in [0.2, 0.25) is 0 Å². The summed E-state index contributed by atoms with van der Waals surface area (Å²) in [5.41, 5.74) is 2.42. The second kappa shape index (κ2) is 10.6. The van der Waals surface area contributed by atoms with Gasteiger partial charge in [0.2, 0.25) is 5.89 Å². The lowest BCUT2D eigenvalue weighted by Gasteiger charge is -2.36. The fourth-order valence-electron chi connectivity index (χ4n) is 4.48. The molecule has 0 radical (unpaired) electrons. The molecule has 4 aromatic rings. The van der Waals surface area contributed by atoms with Gasteiger partial charge in [-0.2, -0.15) is 10.1 Å². The number of nitrogens with zero attached hydrogens (tertiary/aromatic N) is 7. The maximum absolute atomic E-state index is 5.68. The van der Waals surface area contributed by atoms with Gasteiger partial charge in [0.15, 0.2) is 10.6 Å². The largest absolute Gasteiger partial charge is 0.338 e. The van der Waals surface area contributed by atoms with Gasteiger partial charge in [0.25, 0.3) is 0 Å². The second-order valence-electron chi connectivity index (χ2n) is 9.10. The van der Waals surface area contributed by atoms with Crippen LogP contribution < -0.4 is 0 Å². The summed E-state index contributed by atoms with van der Waals surface area (Å²) in [5.74, 6) is 2.39. The molecule has 2 aromatic heterocycles. The van der Waals surface area contributed by atoms with Crippen LogP contribution in [0.25, 0.3) is 0 Å². The summed E-state index contributed by atoms with van der Waals surface area (Å²) in [6.07, 6.45) is 1.46. The molecule has 0 saturated carbocycles. The van der Waals surface area contributed by atoms with E-state index in [0.717, 1.165) is 49.0 Å². The average molecular weight is 490 g/mol. The van der Waals surface area contributed by atoms with Crippen molar-refractivity contribution in [2.75, 3.05) is 26.2 Å². The van der Waals surface area contributed by atoms with E-state index < -0.39 is 0 Å². The summed E-state index contributed by atoms with van der Waals surface area (Å²) in [6, 6.07) is 20.7. The van der Waals surface area contributed by atoms with Gasteiger partial charge in [-0.25, -0.2) is 4.68 Å². The van der Waals surface area contributed by atoms with Crippen molar-refractivity contribution in [2.24, 2.45) is 7.05 Å². The summed E-state index contributed by atoms with van der Waals surface area (Å²) < 4.78 is 10.3. The van der Waals surface area contributed by atoms with Crippen LogP contribution in [0.3, 0.4) is 0 Å². The van der Waals surface area contributed by atoms with Crippen molar-refractivity contribution in [3.63, 3.8) is 0 Å². The number of aromatic nitrogens is 5. The van der Waals surface area contributed by atoms with Crippen LogP contribution in [0.5, 0.6) is 0 Å². The molecule has 0 unspecified atom stereocenters. The highest BCUT2D eigenvalue weighted by molar-refractivity contribution is 7.71. The Hall–Kier alpha value is -3.14. The molecule has 1 atom stereocenters. The van der Waals surface area contributed by atoms with Crippen molar-refractivity contribution in [3.8, 4) is 0 Å². The third kappa shape index (κ3) is 5.58. The van der Waals surface area contributed by atoms with Crippen molar-refractivity contribution in [2.45, 2.75) is 32.5 Å². The molecular weight excluding hydrogens is 458 g/mol. The van der Waals surface area contributed by atoms with Crippen LogP contribution in [0.1, 0.15) is 41.6 Å². The van der Waals surface area contributed by atoms with Gasteiger partial charge in [0.1, 0.15) is 5.82 Å². The van der Waals surface area contributed by atoms with Gasteiger partial charge in [-0.1, -0.05) is 65.8 Å². The molecule has 3 heterocycles. The molecule has 182 valence electrons. The number of benzene rings is 2. The first-order valence-electron chi connectivity index (χ1n) is 12.1. The van der Waals surface area contributed by atoms with Crippen LogP contribution in [-0.4, -0.2) is 60.5 Å². The van der Waals surface area contributed by atoms with Gasteiger partial charge >= 0.3 is 0 Å². The third-order valence-corrected chi connectivity index (χ3v) is 7.16. The summed E-state index contributed by atoms with van der Waals surface area (Å²) in [7, 11) is 2.00. The van der Waals surface area contributed by atoms with Crippen molar-refractivity contribution in [1.82, 2.24) is 34.3 Å². The Labute approximate surface area is 210 Å². The molecule has 1 saturated heterocycles. The molecule has 0 bridgehead atoms. The lowest BCUT2D eigenvalue weighted by Crippen LogP contribution is -2.47. The summed E-state index contributed by atoms with van der Waals surface area (Å²) >= 11 is 5.68. The predicted octanol–water partition coefficient (Wildman–Crippen LogP) is 3.85. The average Bonchev–Trinajstić information content (AvgIpc) is 3.46. The first-order chi connectivity index (χ1) is 17.1. The summed E-state index contributed by atoms with van der Waals surface area (Å²) in [4.78, 5) is 9.46. The first-order valence-corrected chi connectivity index (χ1v) is 12.5. The van der Waals surface area contributed by atoms with Crippen LogP contribution in [0, 0.1) is 4.77 Å². The molecule has 0 amide bonds. The van der Waals surface area contributed by atoms with Crippen LogP contribution in [-0.2, 0) is 26.6 Å². The van der Waals surface area contributed by atoms with E-state index in [1.807, 2.05) is 40.6 Å². The highest BCUT2D eigenvalue weighted by Gasteiger charge is 2.26. The fourth-order valence-corrected chi connectivity index (χ4v) is 4.69. The first kappa shape index (κ1) is 23.6. The number of hydrogen-bond acceptors (Lipinski definition) is 7. The topological polar surface area (TPSA) is 68.2 Å². The van der Waals surface area contributed by atoms with Gasteiger partial charge in [-0.05, 0) is 30.3 Å². The van der Waals surface area contributed by atoms with E-state index in [4.69, 9.17) is 21.8 Å². The van der Waals surface area contributed by atoms with E-state index in [1.165, 1.54) is 11.1 Å². The molecule has 8 nitrogen and oxygen atoms in total. The third-order valence-electron chi connectivity index (χ3n) is 6.67. The van der Waals surface area contributed by atoms with Crippen LogP contribution in [0.15, 0.2) is 65.2 Å². The molecule has 1 aliphatic heterocycles. The lowest BCUT2D eigenvalue weighted by molar-refractivity contribution is 0.0683. The Morgan fingerprint density at radius 2 is 1.54 bits per heavy atom. The Morgan fingerprint density at radius 1 is 0.914 bits per heavy atom. The Kier molecular flexibility index (Phi) is 7.17. The molecule has 2 aromatic carbocycles. The minimum absolute atomic E-state index is 0.0867. The highest BCUT2D eigenvalue weighted by atomic mass is 32.1. The number of piperazine rings is 1. The summed E-state index contributed by atoms with van der Waals surface area (Å²) in [6.45, 7) is 6.55. The Bertz CT molecular complexity index is 1290. The monoisotopic (exact) mass is 489 g/mol. The van der Waals surface area contributed by atoms with Gasteiger partial charge in [-0.3, -0.25) is 9.80 Å². The van der Waals surface area contributed by atoms with Crippen molar-refractivity contribution in [1.29, 1.82) is 0 Å². The van der Waals surface area contributed by atoms with Gasteiger partial charge in [0.05, 0.1) is 12.7 Å². The van der Waals surface area contributed by atoms with E-state index in [0.29, 0.717) is 19.0 Å². The Balaban J connectivity index is 1.16. The zero-order valence-corrected chi connectivity index (χ0v) is 21.1. The van der Waals surface area contributed by atoms with E-state index in [-0.39, 0.29) is 6.04 Å².